The lowest BCUT2D eigenvalue weighted by molar-refractivity contribution is 0.271. The number of fused-ring (bicyclic) bond motifs is 2. The summed E-state index contributed by atoms with van der Waals surface area (Å²) >= 11 is 12.1. The SMILES string of the molecule is NC1CC2CCCC(C1)N2c1ccc(Cl)c(Cl)c1. The summed E-state index contributed by atoms with van der Waals surface area (Å²) in [6.45, 7) is 0. The molecule has 0 radical (unpaired) electrons. The fourth-order valence-electron chi connectivity index (χ4n) is 3.49. The first-order valence-corrected chi connectivity index (χ1v) is 7.39. The van der Waals surface area contributed by atoms with Crippen molar-refractivity contribution in [2.24, 2.45) is 5.73 Å². The van der Waals surface area contributed by atoms with Crippen molar-refractivity contribution in [3.05, 3.63) is 28.2 Å². The van der Waals surface area contributed by atoms with Gasteiger partial charge in [-0.05, 0) is 50.3 Å². The number of hydrogen-bond donors (Lipinski definition) is 1. The van der Waals surface area contributed by atoms with Crippen LogP contribution in [-0.2, 0) is 0 Å². The smallest absolute Gasteiger partial charge is 0.0612 e. The summed E-state index contributed by atoms with van der Waals surface area (Å²) in [5.74, 6) is 0. The summed E-state index contributed by atoms with van der Waals surface area (Å²) < 4.78 is 0. The standard InChI is InChI=1S/C14H18Cl2N2/c15-13-5-4-12(8-14(13)16)18-10-2-1-3-11(18)7-9(17)6-10/h4-5,8-11H,1-3,6-7,17H2. The van der Waals surface area contributed by atoms with E-state index < -0.39 is 0 Å². The lowest BCUT2D eigenvalue weighted by Gasteiger charge is -2.49. The Kier molecular flexibility index (Phi) is 3.44. The number of anilines is 1. The fraction of sp³-hybridized carbons (Fsp3) is 0.571. The van der Waals surface area contributed by atoms with Crippen LogP contribution in [0.4, 0.5) is 5.69 Å². The van der Waals surface area contributed by atoms with Gasteiger partial charge in [-0.1, -0.05) is 23.2 Å². The van der Waals surface area contributed by atoms with Gasteiger partial charge in [0.2, 0.25) is 0 Å². The minimum absolute atomic E-state index is 0.360. The molecule has 0 saturated carbocycles. The Hall–Kier alpha value is -0.440. The zero-order valence-electron chi connectivity index (χ0n) is 10.3. The van der Waals surface area contributed by atoms with E-state index in [1.807, 2.05) is 12.1 Å². The normalized spacial score (nSPS) is 31.5. The van der Waals surface area contributed by atoms with Crippen LogP contribution in [0.5, 0.6) is 0 Å². The molecule has 98 valence electrons. The number of rotatable bonds is 1. The van der Waals surface area contributed by atoms with Crippen LogP contribution in [0.15, 0.2) is 18.2 Å². The molecule has 0 spiro atoms. The summed E-state index contributed by atoms with van der Waals surface area (Å²) in [5.41, 5.74) is 7.35. The van der Waals surface area contributed by atoms with Crippen molar-refractivity contribution in [3.63, 3.8) is 0 Å². The summed E-state index contributed by atoms with van der Waals surface area (Å²) in [5, 5.41) is 1.27. The number of benzene rings is 1. The monoisotopic (exact) mass is 284 g/mol. The summed E-state index contributed by atoms with van der Waals surface area (Å²) in [7, 11) is 0. The van der Waals surface area contributed by atoms with Crippen molar-refractivity contribution in [1.82, 2.24) is 0 Å². The van der Waals surface area contributed by atoms with Crippen LogP contribution in [0.2, 0.25) is 10.0 Å². The molecule has 1 aromatic carbocycles. The molecule has 2 atom stereocenters. The Labute approximate surface area is 118 Å². The Morgan fingerprint density at radius 3 is 2.33 bits per heavy atom. The van der Waals surface area contributed by atoms with Crippen LogP contribution in [0.1, 0.15) is 32.1 Å². The van der Waals surface area contributed by atoms with E-state index in [2.05, 4.69) is 11.0 Å². The molecule has 2 heterocycles. The molecule has 0 amide bonds. The van der Waals surface area contributed by atoms with Crippen LogP contribution in [0.25, 0.3) is 0 Å². The third-order valence-corrected chi connectivity index (χ3v) is 4.95. The van der Waals surface area contributed by atoms with E-state index in [1.165, 1.54) is 24.9 Å². The Balaban J connectivity index is 1.92. The van der Waals surface area contributed by atoms with E-state index in [4.69, 9.17) is 28.9 Å². The van der Waals surface area contributed by atoms with Gasteiger partial charge in [-0.15, -0.1) is 0 Å². The van der Waals surface area contributed by atoms with Crippen LogP contribution < -0.4 is 10.6 Å². The first-order chi connectivity index (χ1) is 8.65. The molecule has 2 fully saturated rings. The number of nitrogens with two attached hydrogens (primary N) is 1. The maximum atomic E-state index is 6.15. The van der Waals surface area contributed by atoms with E-state index in [0.717, 1.165) is 12.8 Å². The van der Waals surface area contributed by atoms with Crippen LogP contribution in [-0.4, -0.2) is 18.1 Å². The largest absolute Gasteiger partial charge is 0.365 e. The third kappa shape index (κ3) is 2.22. The minimum Gasteiger partial charge on any atom is -0.365 e. The molecule has 2 nitrogen and oxygen atoms in total. The zero-order chi connectivity index (χ0) is 12.7. The fourth-order valence-corrected chi connectivity index (χ4v) is 3.78. The van der Waals surface area contributed by atoms with Gasteiger partial charge in [-0.25, -0.2) is 0 Å². The molecule has 0 aliphatic carbocycles. The molecule has 2 N–H and O–H groups in total. The van der Waals surface area contributed by atoms with Gasteiger partial charge in [0.05, 0.1) is 10.0 Å². The Morgan fingerprint density at radius 1 is 1.06 bits per heavy atom. The zero-order valence-corrected chi connectivity index (χ0v) is 11.8. The second kappa shape index (κ2) is 4.92. The third-order valence-electron chi connectivity index (χ3n) is 4.21. The van der Waals surface area contributed by atoms with E-state index >= 15 is 0 Å². The van der Waals surface area contributed by atoms with Gasteiger partial charge >= 0.3 is 0 Å². The van der Waals surface area contributed by atoms with Crippen LogP contribution in [0.3, 0.4) is 0 Å². The molecule has 1 aromatic rings. The van der Waals surface area contributed by atoms with Crippen LogP contribution in [0, 0.1) is 0 Å². The first kappa shape index (κ1) is 12.6. The lowest BCUT2D eigenvalue weighted by atomic mass is 9.81. The van der Waals surface area contributed by atoms with E-state index in [-0.39, 0.29) is 0 Å². The highest BCUT2D eigenvalue weighted by Crippen LogP contribution is 2.39. The van der Waals surface area contributed by atoms with E-state index in [0.29, 0.717) is 28.2 Å². The molecule has 18 heavy (non-hydrogen) atoms. The molecule has 2 aliphatic rings. The van der Waals surface area contributed by atoms with E-state index in [9.17, 15) is 0 Å². The molecule has 2 bridgehead atoms. The van der Waals surface area contributed by atoms with Crippen LogP contribution >= 0.6 is 23.2 Å². The molecule has 2 saturated heterocycles. The van der Waals surface area contributed by atoms with E-state index in [1.54, 1.807) is 0 Å². The molecule has 3 rings (SSSR count). The van der Waals surface area contributed by atoms with Crippen molar-refractivity contribution in [2.75, 3.05) is 4.90 Å². The predicted molar refractivity (Wildman–Crippen MR) is 77.6 cm³/mol. The summed E-state index contributed by atoms with van der Waals surface area (Å²) in [6, 6.07) is 7.47. The van der Waals surface area contributed by atoms with Gasteiger partial charge in [-0.3, -0.25) is 0 Å². The maximum Gasteiger partial charge on any atom is 0.0612 e. The number of halogens is 2. The number of hydrogen-bond acceptors (Lipinski definition) is 2. The van der Waals surface area contributed by atoms with Gasteiger partial charge in [0.15, 0.2) is 0 Å². The summed E-state index contributed by atoms with van der Waals surface area (Å²) in [6.07, 6.45) is 5.99. The second-order valence-electron chi connectivity index (χ2n) is 5.48. The van der Waals surface area contributed by atoms with Crippen molar-refractivity contribution < 1.29 is 0 Å². The maximum absolute atomic E-state index is 6.15. The van der Waals surface area contributed by atoms with Gasteiger partial charge in [0, 0.05) is 23.8 Å². The van der Waals surface area contributed by atoms with Gasteiger partial charge < -0.3 is 10.6 Å². The second-order valence-corrected chi connectivity index (χ2v) is 6.29. The van der Waals surface area contributed by atoms with Gasteiger partial charge in [-0.2, -0.15) is 0 Å². The van der Waals surface area contributed by atoms with Crippen molar-refractivity contribution in [3.8, 4) is 0 Å². The van der Waals surface area contributed by atoms with Crippen molar-refractivity contribution in [2.45, 2.75) is 50.2 Å². The highest BCUT2D eigenvalue weighted by molar-refractivity contribution is 6.42. The minimum atomic E-state index is 0.360. The lowest BCUT2D eigenvalue weighted by Crippen LogP contribution is -2.55. The van der Waals surface area contributed by atoms with Gasteiger partial charge in [0.25, 0.3) is 0 Å². The first-order valence-electron chi connectivity index (χ1n) is 6.64. The molecule has 2 aliphatic heterocycles. The Bertz CT molecular complexity index is 435. The highest BCUT2D eigenvalue weighted by atomic mass is 35.5. The number of nitrogens with zero attached hydrogens (tertiary/aromatic N) is 1. The molecular weight excluding hydrogens is 267 g/mol. The summed E-state index contributed by atoms with van der Waals surface area (Å²) in [4.78, 5) is 2.52. The van der Waals surface area contributed by atoms with Gasteiger partial charge in [0.1, 0.15) is 0 Å². The average Bonchev–Trinajstić information content (AvgIpc) is 2.32. The van der Waals surface area contributed by atoms with Crippen molar-refractivity contribution in [1.29, 1.82) is 0 Å². The molecule has 4 heteroatoms. The molecular formula is C14H18Cl2N2. The average molecular weight is 285 g/mol. The quantitative estimate of drug-likeness (QED) is 0.849. The Morgan fingerprint density at radius 2 is 1.72 bits per heavy atom. The highest BCUT2D eigenvalue weighted by Gasteiger charge is 2.37. The topological polar surface area (TPSA) is 29.3 Å². The predicted octanol–water partition coefficient (Wildman–Crippen LogP) is 3.84. The molecule has 2 unspecified atom stereocenters. The number of piperidine rings is 2. The molecule has 0 aromatic heterocycles. The van der Waals surface area contributed by atoms with Crippen molar-refractivity contribution >= 4 is 28.9 Å².